The van der Waals surface area contributed by atoms with Crippen molar-refractivity contribution >= 4 is 11.6 Å². The standard InChI is InChI=1S/C19H32O4/c1-14(20)9-10-15(23-16-8-5-6-13-22-16)17(21)19(4)12-7-11-18(19,2)3/h15-16H,5-13H2,1-4H3/t15?,16?,19-/m1/s1. The van der Waals surface area contributed by atoms with E-state index in [1.54, 1.807) is 6.92 Å². The van der Waals surface area contributed by atoms with E-state index in [0.717, 1.165) is 38.5 Å². The second kappa shape index (κ2) is 7.43. The highest BCUT2D eigenvalue weighted by molar-refractivity contribution is 5.90. The van der Waals surface area contributed by atoms with Crippen LogP contribution in [0.15, 0.2) is 0 Å². The molecule has 1 saturated heterocycles. The fourth-order valence-electron chi connectivity index (χ4n) is 3.91. The Bertz CT molecular complexity index is 437. The van der Waals surface area contributed by atoms with Crippen LogP contribution in [0.25, 0.3) is 0 Å². The molecular weight excluding hydrogens is 292 g/mol. The van der Waals surface area contributed by atoms with Gasteiger partial charge in [-0.25, -0.2) is 0 Å². The average Bonchev–Trinajstić information content (AvgIpc) is 2.78. The molecule has 0 N–H and O–H groups in total. The SMILES string of the molecule is CC(=O)CCC(OC1CCCCO1)C(=O)[C@@]1(C)CCCC1(C)C. The van der Waals surface area contributed by atoms with Gasteiger partial charge in [-0.2, -0.15) is 0 Å². The molecule has 0 radical (unpaired) electrons. The van der Waals surface area contributed by atoms with Crippen molar-refractivity contribution < 1.29 is 19.1 Å². The number of Topliss-reactive ketones (excluding diaryl/α,β-unsaturated/α-hetero) is 2. The molecule has 0 aromatic rings. The monoisotopic (exact) mass is 324 g/mol. The number of ketones is 2. The molecular formula is C19H32O4. The number of rotatable bonds is 7. The van der Waals surface area contributed by atoms with Gasteiger partial charge >= 0.3 is 0 Å². The van der Waals surface area contributed by atoms with Crippen molar-refractivity contribution in [2.24, 2.45) is 10.8 Å². The second-order valence-corrected chi connectivity index (χ2v) is 8.10. The molecule has 3 atom stereocenters. The minimum absolute atomic E-state index is 0.0185. The van der Waals surface area contributed by atoms with E-state index >= 15 is 0 Å². The molecule has 1 aliphatic carbocycles. The topological polar surface area (TPSA) is 52.6 Å². The van der Waals surface area contributed by atoms with Crippen molar-refractivity contribution in [3.63, 3.8) is 0 Å². The van der Waals surface area contributed by atoms with Crippen molar-refractivity contribution in [2.75, 3.05) is 6.61 Å². The molecule has 1 heterocycles. The van der Waals surface area contributed by atoms with E-state index in [4.69, 9.17) is 9.47 Å². The molecule has 2 rings (SSSR count). The van der Waals surface area contributed by atoms with Crippen molar-refractivity contribution in [1.82, 2.24) is 0 Å². The summed E-state index contributed by atoms with van der Waals surface area (Å²) in [6.07, 6.45) is 6.05. The summed E-state index contributed by atoms with van der Waals surface area (Å²) >= 11 is 0. The molecule has 2 aliphatic rings. The molecule has 0 aromatic heterocycles. The summed E-state index contributed by atoms with van der Waals surface area (Å²) in [5, 5.41) is 0. The number of hydrogen-bond acceptors (Lipinski definition) is 4. The molecule has 0 amide bonds. The normalized spacial score (nSPS) is 31.7. The Kier molecular flexibility index (Phi) is 6.01. The fraction of sp³-hybridized carbons (Fsp3) is 0.895. The van der Waals surface area contributed by atoms with E-state index in [-0.39, 0.29) is 28.7 Å². The van der Waals surface area contributed by atoms with Gasteiger partial charge in [0, 0.05) is 18.4 Å². The van der Waals surface area contributed by atoms with Gasteiger partial charge in [0.15, 0.2) is 12.1 Å². The third kappa shape index (κ3) is 4.21. The summed E-state index contributed by atoms with van der Waals surface area (Å²) in [6, 6.07) is 0. The Hall–Kier alpha value is -0.740. The van der Waals surface area contributed by atoms with Gasteiger partial charge in [-0.1, -0.05) is 27.2 Å². The van der Waals surface area contributed by atoms with E-state index < -0.39 is 6.10 Å². The molecule has 23 heavy (non-hydrogen) atoms. The Morgan fingerprint density at radius 2 is 1.91 bits per heavy atom. The minimum atomic E-state index is -0.524. The molecule has 0 spiro atoms. The van der Waals surface area contributed by atoms with Crippen LogP contribution in [0.4, 0.5) is 0 Å². The highest BCUT2D eigenvalue weighted by Gasteiger charge is 2.52. The van der Waals surface area contributed by atoms with Crippen LogP contribution in [0.1, 0.15) is 79.1 Å². The van der Waals surface area contributed by atoms with Crippen molar-refractivity contribution in [2.45, 2.75) is 91.5 Å². The predicted octanol–water partition coefficient (Wildman–Crippen LogP) is 4.05. The van der Waals surface area contributed by atoms with Gasteiger partial charge in [0.2, 0.25) is 0 Å². The Labute approximate surface area is 140 Å². The zero-order valence-electron chi connectivity index (χ0n) is 15.2. The van der Waals surface area contributed by atoms with Gasteiger partial charge in [-0.15, -0.1) is 0 Å². The zero-order valence-corrected chi connectivity index (χ0v) is 15.2. The highest BCUT2D eigenvalue weighted by Crippen LogP contribution is 2.53. The van der Waals surface area contributed by atoms with Crippen LogP contribution in [0.5, 0.6) is 0 Å². The van der Waals surface area contributed by atoms with Gasteiger partial charge in [0.1, 0.15) is 11.9 Å². The van der Waals surface area contributed by atoms with Crippen LogP contribution in [0.3, 0.4) is 0 Å². The molecule has 4 heteroatoms. The number of hydrogen-bond donors (Lipinski definition) is 0. The van der Waals surface area contributed by atoms with Crippen molar-refractivity contribution in [3.05, 3.63) is 0 Å². The van der Waals surface area contributed by atoms with Crippen molar-refractivity contribution in [3.8, 4) is 0 Å². The van der Waals surface area contributed by atoms with Crippen LogP contribution in [0.2, 0.25) is 0 Å². The lowest BCUT2D eigenvalue weighted by molar-refractivity contribution is -0.198. The first kappa shape index (κ1) is 18.6. The smallest absolute Gasteiger partial charge is 0.168 e. The maximum atomic E-state index is 13.3. The minimum Gasteiger partial charge on any atom is -0.353 e. The first-order valence-electron chi connectivity index (χ1n) is 9.07. The van der Waals surface area contributed by atoms with E-state index in [1.165, 1.54) is 0 Å². The molecule has 4 nitrogen and oxygen atoms in total. The van der Waals surface area contributed by atoms with Crippen molar-refractivity contribution in [1.29, 1.82) is 0 Å². The molecule has 0 bridgehead atoms. The predicted molar refractivity (Wildman–Crippen MR) is 89.1 cm³/mol. The lowest BCUT2D eigenvalue weighted by atomic mass is 9.65. The molecule has 132 valence electrons. The summed E-state index contributed by atoms with van der Waals surface area (Å²) in [6.45, 7) is 8.70. The van der Waals surface area contributed by atoms with Gasteiger partial charge < -0.3 is 14.3 Å². The fourth-order valence-corrected chi connectivity index (χ4v) is 3.91. The maximum Gasteiger partial charge on any atom is 0.168 e. The molecule has 2 unspecified atom stereocenters. The van der Waals surface area contributed by atoms with Gasteiger partial charge in [0.05, 0.1) is 0 Å². The van der Waals surface area contributed by atoms with Crippen LogP contribution >= 0.6 is 0 Å². The van der Waals surface area contributed by atoms with Crippen LogP contribution < -0.4 is 0 Å². The van der Waals surface area contributed by atoms with E-state index in [0.29, 0.717) is 19.4 Å². The van der Waals surface area contributed by atoms with Crippen LogP contribution in [0, 0.1) is 10.8 Å². The Morgan fingerprint density at radius 1 is 1.17 bits per heavy atom. The number of carbonyl (C=O) groups is 2. The number of carbonyl (C=O) groups excluding carboxylic acids is 2. The van der Waals surface area contributed by atoms with Gasteiger partial charge in [-0.05, 0) is 50.9 Å². The lowest BCUT2D eigenvalue weighted by Crippen LogP contribution is -2.46. The first-order valence-corrected chi connectivity index (χ1v) is 9.07. The van der Waals surface area contributed by atoms with Crippen LogP contribution in [-0.2, 0) is 19.1 Å². The van der Waals surface area contributed by atoms with Crippen LogP contribution in [-0.4, -0.2) is 30.6 Å². The van der Waals surface area contributed by atoms with E-state index in [1.807, 2.05) is 0 Å². The summed E-state index contributed by atoms with van der Waals surface area (Å²) in [7, 11) is 0. The summed E-state index contributed by atoms with van der Waals surface area (Å²) in [5.41, 5.74) is -0.390. The van der Waals surface area contributed by atoms with E-state index in [9.17, 15) is 9.59 Å². The quantitative estimate of drug-likeness (QED) is 0.709. The highest BCUT2D eigenvalue weighted by atomic mass is 16.7. The summed E-state index contributed by atoms with van der Waals surface area (Å²) in [4.78, 5) is 24.7. The van der Waals surface area contributed by atoms with Gasteiger partial charge in [0.25, 0.3) is 0 Å². The third-order valence-electron chi connectivity index (χ3n) is 6.02. The number of ether oxygens (including phenoxy) is 2. The Balaban J connectivity index is 2.11. The third-order valence-corrected chi connectivity index (χ3v) is 6.02. The summed E-state index contributed by atoms with van der Waals surface area (Å²) < 4.78 is 11.7. The van der Waals surface area contributed by atoms with E-state index in [2.05, 4.69) is 20.8 Å². The Morgan fingerprint density at radius 3 is 2.43 bits per heavy atom. The lowest BCUT2D eigenvalue weighted by Gasteiger charge is -2.40. The zero-order chi connectivity index (χ0) is 17.1. The largest absolute Gasteiger partial charge is 0.353 e. The van der Waals surface area contributed by atoms with Gasteiger partial charge in [-0.3, -0.25) is 4.79 Å². The summed E-state index contributed by atoms with van der Waals surface area (Å²) in [5.74, 6) is 0.266. The maximum absolute atomic E-state index is 13.3. The molecule has 1 saturated carbocycles. The molecule has 1 aliphatic heterocycles. The molecule has 0 aromatic carbocycles. The average molecular weight is 324 g/mol. The molecule has 2 fully saturated rings. The first-order chi connectivity index (χ1) is 10.8. The second-order valence-electron chi connectivity index (χ2n) is 8.10.